The average molecular weight is 797 g/mol. The van der Waals surface area contributed by atoms with E-state index in [1.54, 1.807) is 0 Å². The molecule has 0 bridgehead atoms. The molecule has 0 N–H and O–H groups in total. The molecular weight excluding hydrogens is 709 g/mol. The highest BCUT2D eigenvalue weighted by Crippen LogP contribution is 2.13. The van der Waals surface area contributed by atoms with E-state index in [0.29, 0.717) is 19.3 Å². The normalized spacial score (nSPS) is 12.5. The van der Waals surface area contributed by atoms with Crippen LogP contribution in [0.3, 0.4) is 0 Å². The molecular formula is C51H88O6. The van der Waals surface area contributed by atoms with Crippen LogP contribution in [0.15, 0.2) is 60.8 Å². The van der Waals surface area contributed by atoms with Gasteiger partial charge < -0.3 is 14.2 Å². The van der Waals surface area contributed by atoms with E-state index in [1.807, 2.05) is 0 Å². The van der Waals surface area contributed by atoms with Gasteiger partial charge in [-0.2, -0.15) is 0 Å². The lowest BCUT2D eigenvalue weighted by Crippen LogP contribution is -2.30. The minimum atomic E-state index is -0.796. The SMILES string of the molecule is CC/C=C\C/C=C\C/C=C\CCCCC(=O)OC(COC(=O)CCCCCCC/C=C\C=C/CCCCCCCCC)COC(=O)CCCCCCCCCCC. The van der Waals surface area contributed by atoms with Gasteiger partial charge in [0.2, 0.25) is 0 Å². The summed E-state index contributed by atoms with van der Waals surface area (Å²) < 4.78 is 16.7. The van der Waals surface area contributed by atoms with Crippen molar-refractivity contribution < 1.29 is 28.6 Å². The summed E-state index contributed by atoms with van der Waals surface area (Å²) in [5.74, 6) is -0.954. The molecule has 0 rings (SSSR count). The van der Waals surface area contributed by atoms with Crippen LogP contribution in [0.4, 0.5) is 0 Å². The second-order valence-corrected chi connectivity index (χ2v) is 15.7. The lowest BCUT2D eigenvalue weighted by molar-refractivity contribution is -0.167. The number of carbonyl (C=O) groups excluding carboxylic acids is 3. The van der Waals surface area contributed by atoms with Crippen molar-refractivity contribution in [1.29, 1.82) is 0 Å². The number of allylic oxidation sites excluding steroid dienone is 10. The van der Waals surface area contributed by atoms with Gasteiger partial charge in [-0.25, -0.2) is 0 Å². The number of carbonyl (C=O) groups is 3. The molecule has 0 saturated carbocycles. The molecule has 0 spiro atoms. The first-order valence-electron chi connectivity index (χ1n) is 23.8. The Bertz CT molecular complexity index is 1050. The summed E-state index contributed by atoms with van der Waals surface area (Å²) >= 11 is 0. The van der Waals surface area contributed by atoms with E-state index < -0.39 is 6.10 Å². The van der Waals surface area contributed by atoms with Crippen molar-refractivity contribution in [2.24, 2.45) is 0 Å². The van der Waals surface area contributed by atoms with Gasteiger partial charge in [-0.3, -0.25) is 14.4 Å². The number of unbranched alkanes of at least 4 members (excludes halogenated alkanes) is 22. The summed E-state index contributed by atoms with van der Waals surface area (Å²) in [5.41, 5.74) is 0. The maximum absolute atomic E-state index is 12.7. The van der Waals surface area contributed by atoms with E-state index in [0.717, 1.165) is 89.9 Å². The largest absolute Gasteiger partial charge is 0.462 e. The molecule has 0 aliphatic heterocycles. The van der Waals surface area contributed by atoms with Crippen LogP contribution in [0.25, 0.3) is 0 Å². The lowest BCUT2D eigenvalue weighted by Gasteiger charge is -2.18. The average Bonchev–Trinajstić information content (AvgIpc) is 3.21. The molecule has 57 heavy (non-hydrogen) atoms. The third-order valence-corrected chi connectivity index (χ3v) is 10.0. The summed E-state index contributed by atoms with van der Waals surface area (Å²) in [6.07, 6.45) is 55.0. The second kappa shape index (κ2) is 45.8. The number of hydrogen-bond donors (Lipinski definition) is 0. The molecule has 0 fully saturated rings. The number of hydrogen-bond acceptors (Lipinski definition) is 6. The van der Waals surface area contributed by atoms with E-state index >= 15 is 0 Å². The Morgan fingerprint density at radius 2 is 0.737 bits per heavy atom. The fourth-order valence-electron chi connectivity index (χ4n) is 6.45. The van der Waals surface area contributed by atoms with E-state index in [-0.39, 0.29) is 37.5 Å². The van der Waals surface area contributed by atoms with Crippen LogP contribution in [-0.4, -0.2) is 37.2 Å². The Morgan fingerprint density at radius 1 is 0.386 bits per heavy atom. The van der Waals surface area contributed by atoms with Gasteiger partial charge in [0.25, 0.3) is 0 Å². The van der Waals surface area contributed by atoms with Crippen LogP contribution in [0.2, 0.25) is 0 Å². The molecule has 1 unspecified atom stereocenters. The Balaban J connectivity index is 4.39. The fourth-order valence-corrected chi connectivity index (χ4v) is 6.45. The Kier molecular flexibility index (Phi) is 43.5. The molecule has 0 aliphatic carbocycles. The van der Waals surface area contributed by atoms with E-state index in [9.17, 15) is 14.4 Å². The molecule has 0 aromatic rings. The van der Waals surface area contributed by atoms with Gasteiger partial charge >= 0.3 is 17.9 Å². The minimum Gasteiger partial charge on any atom is -0.462 e. The molecule has 6 heteroatoms. The van der Waals surface area contributed by atoms with E-state index in [2.05, 4.69) is 81.5 Å². The Labute approximate surface area is 351 Å². The van der Waals surface area contributed by atoms with Crippen LogP contribution >= 0.6 is 0 Å². The first-order chi connectivity index (χ1) is 28.0. The van der Waals surface area contributed by atoms with Crippen LogP contribution in [0.5, 0.6) is 0 Å². The predicted molar refractivity (Wildman–Crippen MR) is 242 cm³/mol. The van der Waals surface area contributed by atoms with Gasteiger partial charge in [0, 0.05) is 19.3 Å². The molecule has 0 saturated heterocycles. The molecule has 0 aromatic heterocycles. The van der Waals surface area contributed by atoms with E-state index in [4.69, 9.17) is 14.2 Å². The highest BCUT2D eigenvalue weighted by atomic mass is 16.6. The van der Waals surface area contributed by atoms with Crippen LogP contribution in [0.1, 0.15) is 226 Å². The van der Waals surface area contributed by atoms with E-state index in [1.165, 1.54) is 89.9 Å². The van der Waals surface area contributed by atoms with Crippen molar-refractivity contribution >= 4 is 17.9 Å². The van der Waals surface area contributed by atoms with Gasteiger partial charge in [-0.05, 0) is 77.0 Å². The monoisotopic (exact) mass is 797 g/mol. The topological polar surface area (TPSA) is 78.9 Å². The van der Waals surface area contributed by atoms with Crippen molar-refractivity contribution in [3.05, 3.63) is 60.8 Å². The van der Waals surface area contributed by atoms with Gasteiger partial charge in [-0.1, -0.05) is 191 Å². The van der Waals surface area contributed by atoms with Gasteiger partial charge in [0.15, 0.2) is 6.10 Å². The first kappa shape index (κ1) is 54.1. The first-order valence-corrected chi connectivity index (χ1v) is 23.8. The molecule has 0 amide bonds. The number of ether oxygens (including phenoxy) is 3. The van der Waals surface area contributed by atoms with Crippen molar-refractivity contribution in [1.82, 2.24) is 0 Å². The molecule has 0 heterocycles. The van der Waals surface area contributed by atoms with Crippen molar-refractivity contribution in [2.45, 2.75) is 232 Å². The predicted octanol–water partition coefficient (Wildman–Crippen LogP) is 15.3. The number of rotatable bonds is 42. The quantitative estimate of drug-likeness (QED) is 0.0201. The third kappa shape index (κ3) is 44.1. The zero-order valence-corrected chi connectivity index (χ0v) is 37.3. The van der Waals surface area contributed by atoms with Gasteiger partial charge in [-0.15, -0.1) is 0 Å². The highest BCUT2D eigenvalue weighted by molar-refractivity contribution is 5.71. The third-order valence-electron chi connectivity index (χ3n) is 10.0. The van der Waals surface area contributed by atoms with Crippen molar-refractivity contribution in [2.75, 3.05) is 13.2 Å². The number of esters is 3. The van der Waals surface area contributed by atoms with Crippen LogP contribution in [0, 0.1) is 0 Å². The zero-order valence-electron chi connectivity index (χ0n) is 37.3. The Hall–Kier alpha value is -2.89. The van der Waals surface area contributed by atoms with Gasteiger partial charge in [0.1, 0.15) is 13.2 Å². The van der Waals surface area contributed by atoms with Gasteiger partial charge in [0.05, 0.1) is 0 Å². The van der Waals surface area contributed by atoms with Crippen molar-refractivity contribution in [3.8, 4) is 0 Å². The summed E-state index contributed by atoms with van der Waals surface area (Å²) in [4.78, 5) is 37.7. The summed E-state index contributed by atoms with van der Waals surface area (Å²) in [6, 6.07) is 0. The van der Waals surface area contributed by atoms with Crippen LogP contribution < -0.4 is 0 Å². The second-order valence-electron chi connectivity index (χ2n) is 15.7. The molecule has 1 atom stereocenters. The lowest BCUT2D eigenvalue weighted by atomic mass is 10.1. The maximum Gasteiger partial charge on any atom is 0.306 e. The highest BCUT2D eigenvalue weighted by Gasteiger charge is 2.19. The Morgan fingerprint density at radius 3 is 1.21 bits per heavy atom. The summed E-state index contributed by atoms with van der Waals surface area (Å²) in [7, 11) is 0. The smallest absolute Gasteiger partial charge is 0.306 e. The maximum atomic E-state index is 12.7. The molecule has 6 nitrogen and oxygen atoms in total. The molecule has 0 aliphatic rings. The minimum absolute atomic E-state index is 0.0940. The fraction of sp³-hybridized carbons (Fsp3) is 0.745. The van der Waals surface area contributed by atoms with Crippen molar-refractivity contribution in [3.63, 3.8) is 0 Å². The van der Waals surface area contributed by atoms with Crippen LogP contribution in [-0.2, 0) is 28.6 Å². The zero-order chi connectivity index (χ0) is 41.5. The standard InChI is InChI=1S/C51H88O6/c1-4-7-10-13-16-19-21-23-24-25-26-27-28-30-32-35-38-41-44-50(53)56-47-48(46-55-49(52)43-40-37-34-31-18-15-12-9-6-3)57-51(54)45-42-39-36-33-29-22-20-17-14-11-8-5-2/h8,11,17,20,24-27,29,33,48H,4-7,9-10,12-16,18-19,21-23,28,30-32,34-47H2,1-3H3/b11-8-,20-17-,25-24-,27-26-,33-29-. The molecule has 0 radical (unpaired) electrons. The molecule has 328 valence electrons. The molecule has 0 aromatic carbocycles. The summed E-state index contributed by atoms with van der Waals surface area (Å²) in [5, 5.41) is 0. The summed E-state index contributed by atoms with van der Waals surface area (Å²) in [6.45, 7) is 6.44.